The van der Waals surface area contributed by atoms with Gasteiger partial charge in [0.25, 0.3) is 0 Å². The number of nitrogens with zero attached hydrogens (tertiary/aromatic N) is 2. The molecular weight excluding hydrogens is 344 g/mol. The van der Waals surface area contributed by atoms with Gasteiger partial charge in [0, 0.05) is 0 Å². The summed E-state index contributed by atoms with van der Waals surface area (Å²) in [5, 5.41) is 10.5. The molecule has 1 atom stereocenters. The summed E-state index contributed by atoms with van der Waals surface area (Å²) in [5.74, 6) is -0.0628. The lowest BCUT2D eigenvalue weighted by molar-refractivity contribution is -0.645. The summed E-state index contributed by atoms with van der Waals surface area (Å²) in [7, 11) is 3.32. The van der Waals surface area contributed by atoms with Crippen LogP contribution in [0.15, 0.2) is 42.7 Å². The zero-order valence-corrected chi connectivity index (χ0v) is 16.1. The van der Waals surface area contributed by atoms with Crippen molar-refractivity contribution in [2.45, 2.75) is 26.5 Å². The predicted molar refractivity (Wildman–Crippen MR) is 102 cm³/mol. The standard InChI is InChI=1S/C21H25N2O4/c1-14-9-18-19(10-15(14)2)23(13-22(18)3)11-16(24)12-27-20-8-6-5-7-17(20)21(25)26-4/h5-10,13,16,24H,11-12H2,1-4H3/q+1/t16-/m0/s1. The molecule has 6 nitrogen and oxygen atoms in total. The summed E-state index contributed by atoms with van der Waals surface area (Å²) < 4.78 is 14.5. The second kappa shape index (κ2) is 7.80. The molecule has 1 heterocycles. The first-order valence-corrected chi connectivity index (χ1v) is 8.84. The summed E-state index contributed by atoms with van der Waals surface area (Å²) in [4.78, 5) is 11.8. The summed E-state index contributed by atoms with van der Waals surface area (Å²) in [5.41, 5.74) is 4.97. The zero-order chi connectivity index (χ0) is 19.6. The third-order valence-electron chi connectivity index (χ3n) is 4.72. The van der Waals surface area contributed by atoms with Crippen molar-refractivity contribution in [3.63, 3.8) is 0 Å². The minimum Gasteiger partial charge on any atom is -0.490 e. The van der Waals surface area contributed by atoms with Crippen LogP contribution in [0, 0.1) is 13.8 Å². The van der Waals surface area contributed by atoms with Crippen molar-refractivity contribution in [3.05, 3.63) is 59.4 Å². The number of aromatic nitrogens is 2. The summed E-state index contributed by atoms with van der Waals surface area (Å²) in [6.07, 6.45) is 1.24. The van der Waals surface area contributed by atoms with E-state index in [4.69, 9.17) is 9.47 Å². The third kappa shape index (κ3) is 3.95. The quantitative estimate of drug-likeness (QED) is 0.535. The summed E-state index contributed by atoms with van der Waals surface area (Å²) in [6, 6.07) is 11.1. The van der Waals surface area contributed by atoms with Crippen molar-refractivity contribution in [2.75, 3.05) is 13.7 Å². The molecule has 3 rings (SSSR count). The van der Waals surface area contributed by atoms with Crippen LogP contribution in [0.1, 0.15) is 21.5 Å². The molecule has 1 aromatic heterocycles. The topological polar surface area (TPSA) is 64.6 Å². The Morgan fingerprint density at radius 3 is 2.67 bits per heavy atom. The number of ether oxygens (including phenoxy) is 2. The molecule has 6 heteroatoms. The number of aryl methyl sites for hydroxylation is 3. The van der Waals surface area contributed by atoms with E-state index in [-0.39, 0.29) is 6.61 Å². The number of rotatable bonds is 6. The van der Waals surface area contributed by atoms with Gasteiger partial charge in [0.1, 0.15) is 30.6 Å². The van der Waals surface area contributed by atoms with Gasteiger partial charge in [-0.05, 0) is 49.2 Å². The molecule has 0 saturated heterocycles. The van der Waals surface area contributed by atoms with E-state index in [1.54, 1.807) is 24.3 Å². The van der Waals surface area contributed by atoms with Gasteiger partial charge in [0.05, 0.1) is 14.2 Å². The molecule has 1 N–H and O–H groups in total. The highest BCUT2D eigenvalue weighted by atomic mass is 16.5. The highest BCUT2D eigenvalue weighted by Crippen LogP contribution is 2.20. The Balaban J connectivity index is 1.74. The second-order valence-corrected chi connectivity index (χ2v) is 6.76. The van der Waals surface area contributed by atoms with Crippen LogP contribution in [0.5, 0.6) is 5.75 Å². The number of fused-ring (bicyclic) bond motifs is 1. The van der Waals surface area contributed by atoms with Crippen LogP contribution in [-0.4, -0.2) is 35.5 Å². The number of benzene rings is 2. The normalized spacial score (nSPS) is 12.2. The van der Waals surface area contributed by atoms with Crippen molar-refractivity contribution >= 4 is 17.0 Å². The second-order valence-electron chi connectivity index (χ2n) is 6.76. The number of carbonyl (C=O) groups excluding carboxylic acids is 1. The number of methoxy groups -OCH3 is 1. The highest BCUT2D eigenvalue weighted by Gasteiger charge is 2.19. The fourth-order valence-electron chi connectivity index (χ4n) is 3.11. The van der Waals surface area contributed by atoms with Gasteiger partial charge >= 0.3 is 5.97 Å². The molecule has 3 aromatic rings. The highest BCUT2D eigenvalue weighted by molar-refractivity contribution is 5.92. The number of hydrogen-bond donors (Lipinski definition) is 1. The molecule has 0 saturated carbocycles. The van der Waals surface area contributed by atoms with Crippen molar-refractivity contribution in [1.29, 1.82) is 0 Å². The van der Waals surface area contributed by atoms with Gasteiger partial charge < -0.3 is 14.6 Å². The lowest BCUT2D eigenvalue weighted by Gasteiger charge is -2.13. The Kier molecular flexibility index (Phi) is 5.46. The van der Waals surface area contributed by atoms with Gasteiger partial charge in [-0.3, -0.25) is 0 Å². The predicted octanol–water partition coefficient (Wildman–Crippen LogP) is 2.31. The van der Waals surface area contributed by atoms with Gasteiger partial charge in [0.2, 0.25) is 6.33 Å². The summed E-state index contributed by atoms with van der Waals surface area (Å²) in [6.45, 7) is 4.63. The third-order valence-corrected chi connectivity index (χ3v) is 4.72. The smallest absolute Gasteiger partial charge is 0.341 e. The number of hydrogen-bond acceptors (Lipinski definition) is 4. The maximum atomic E-state index is 11.8. The van der Waals surface area contributed by atoms with Crippen LogP contribution in [0.3, 0.4) is 0 Å². The SMILES string of the molecule is COC(=O)c1ccccc1OC[C@@H](O)Cn1c[n+](C)c2cc(C)c(C)cc21. The average Bonchev–Trinajstić information content (AvgIpc) is 2.94. The lowest BCUT2D eigenvalue weighted by atomic mass is 10.1. The Morgan fingerprint density at radius 1 is 1.22 bits per heavy atom. The molecule has 0 unspecified atom stereocenters. The molecule has 0 bridgehead atoms. The minimum absolute atomic E-state index is 0.0717. The largest absolute Gasteiger partial charge is 0.490 e. The number of aliphatic hydroxyl groups excluding tert-OH is 1. The van der Waals surface area contributed by atoms with E-state index < -0.39 is 12.1 Å². The first kappa shape index (κ1) is 18.9. The van der Waals surface area contributed by atoms with Gasteiger partial charge in [-0.1, -0.05) is 12.1 Å². The van der Waals surface area contributed by atoms with Crippen LogP contribution in [0.2, 0.25) is 0 Å². The minimum atomic E-state index is -0.729. The molecule has 0 aliphatic rings. The van der Waals surface area contributed by atoms with Crippen LogP contribution in [-0.2, 0) is 18.3 Å². The van der Waals surface area contributed by atoms with E-state index >= 15 is 0 Å². The van der Waals surface area contributed by atoms with Gasteiger partial charge in [-0.25, -0.2) is 13.9 Å². The molecule has 0 radical (unpaired) electrons. The van der Waals surface area contributed by atoms with E-state index in [1.165, 1.54) is 18.2 Å². The Hall–Kier alpha value is -2.86. The fraction of sp³-hybridized carbons (Fsp3) is 0.333. The Bertz CT molecular complexity index is 978. The molecule has 27 heavy (non-hydrogen) atoms. The number of carbonyl (C=O) groups is 1. The molecule has 0 aliphatic carbocycles. The first-order valence-electron chi connectivity index (χ1n) is 8.84. The molecular formula is C21H25N2O4+. The van der Waals surface area contributed by atoms with Crippen molar-refractivity contribution in [3.8, 4) is 5.75 Å². The molecule has 0 amide bonds. The number of imidazole rings is 1. The van der Waals surface area contributed by atoms with E-state index in [0.29, 0.717) is 17.9 Å². The Labute approximate surface area is 158 Å². The maximum Gasteiger partial charge on any atom is 0.341 e. The molecule has 0 fully saturated rings. The maximum absolute atomic E-state index is 11.8. The molecule has 2 aromatic carbocycles. The van der Waals surface area contributed by atoms with E-state index in [2.05, 4.69) is 26.0 Å². The van der Waals surface area contributed by atoms with Crippen molar-refractivity contribution in [1.82, 2.24) is 4.57 Å². The number of aliphatic hydroxyl groups is 1. The van der Waals surface area contributed by atoms with E-state index in [1.807, 2.05) is 22.5 Å². The fourth-order valence-corrected chi connectivity index (χ4v) is 3.11. The lowest BCUT2D eigenvalue weighted by Crippen LogP contribution is -2.27. The molecule has 142 valence electrons. The zero-order valence-electron chi connectivity index (χ0n) is 16.1. The average molecular weight is 369 g/mol. The van der Waals surface area contributed by atoms with Crippen LogP contribution < -0.4 is 9.30 Å². The molecule has 0 spiro atoms. The van der Waals surface area contributed by atoms with Crippen molar-refractivity contribution < 1.29 is 23.9 Å². The van der Waals surface area contributed by atoms with Crippen molar-refractivity contribution in [2.24, 2.45) is 7.05 Å². The van der Waals surface area contributed by atoms with Crippen LogP contribution >= 0.6 is 0 Å². The van der Waals surface area contributed by atoms with E-state index in [0.717, 1.165) is 11.0 Å². The summed E-state index contributed by atoms with van der Waals surface area (Å²) >= 11 is 0. The van der Waals surface area contributed by atoms with Gasteiger partial charge in [0.15, 0.2) is 11.0 Å². The number of para-hydroxylation sites is 1. The Morgan fingerprint density at radius 2 is 1.93 bits per heavy atom. The number of esters is 1. The van der Waals surface area contributed by atoms with Gasteiger partial charge in [-0.15, -0.1) is 0 Å². The molecule has 0 aliphatic heterocycles. The monoisotopic (exact) mass is 369 g/mol. The van der Waals surface area contributed by atoms with Crippen LogP contribution in [0.4, 0.5) is 0 Å². The van der Waals surface area contributed by atoms with E-state index in [9.17, 15) is 9.90 Å². The van der Waals surface area contributed by atoms with Gasteiger partial charge in [-0.2, -0.15) is 0 Å². The first-order chi connectivity index (χ1) is 12.9. The van der Waals surface area contributed by atoms with Crippen LogP contribution in [0.25, 0.3) is 11.0 Å².